The third-order valence-corrected chi connectivity index (χ3v) is 0. The van der Waals surface area contributed by atoms with Crippen molar-refractivity contribution in [2.45, 2.75) is 0 Å². The second kappa shape index (κ2) is 54.7. The van der Waals surface area contributed by atoms with Gasteiger partial charge in [-0.3, -0.25) is 18.8 Å². The van der Waals surface area contributed by atoms with Gasteiger partial charge < -0.3 is 0 Å². The van der Waals surface area contributed by atoms with Gasteiger partial charge in [-0.25, -0.2) is 0 Å². The first-order chi connectivity index (χ1) is 0. The van der Waals surface area contributed by atoms with E-state index in [1.54, 1.807) is 0 Å². The standard InChI is InChI=1S/Al.Cs.4FH.H/h;;4*1H;. The molecule has 0 spiro atoms. The van der Waals surface area contributed by atoms with Crippen LogP contribution in [0, 0.1) is 0 Å². The first-order valence-corrected chi connectivity index (χ1v) is 0. The Morgan fingerprint density at radius 1 is 0.500 bits per heavy atom. The molecule has 0 aliphatic rings. The van der Waals surface area contributed by atoms with Gasteiger partial charge in [0, 0.05) is 17.4 Å². The van der Waals surface area contributed by atoms with Crippen LogP contribution in [0.3, 0.4) is 0 Å². The zero-order chi connectivity index (χ0) is 0. The predicted octanol–water partition coefficient (Wildman–Crippen LogP) is -0.419. The van der Waals surface area contributed by atoms with Crippen molar-refractivity contribution in [3.8, 4) is 0 Å². The molecule has 0 aromatic heterocycles. The van der Waals surface area contributed by atoms with E-state index in [-0.39, 0.29) is 105 Å². The first kappa shape index (κ1) is 83.4. The molecule has 0 aliphatic carbocycles. The molecule has 0 aromatic carbocycles. The van der Waals surface area contributed by atoms with Crippen molar-refractivity contribution in [1.29, 1.82) is 0 Å². The molecule has 0 atom stereocenters. The first-order valence-electron chi connectivity index (χ1n) is 0. The van der Waals surface area contributed by atoms with Gasteiger partial charge in [0.25, 0.3) is 0 Å². The van der Waals surface area contributed by atoms with Gasteiger partial charge in [-0.15, -0.1) is 0 Å². The molecule has 6 heavy (non-hydrogen) atoms. The molecule has 3 radical (unpaired) electrons. The monoisotopic (exact) mass is 241 g/mol. The van der Waals surface area contributed by atoms with E-state index < -0.39 is 0 Å². The fourth-order valence-electron chi connectivity index (χ4n) is 0. The molecule has 0 fully saturated rings. The van der Waals surface area contributed by atoms with Crippen LogP contribution in [-0.2, 0) is 0 Å². The van der Waals surface area contributed by atoms with E-state index in [1.807, 2.05) is 0 Å². The topological polar surface area (TPSA) is 0 Å². The molecule has 37 valence electrons. The predicted molar refractivity (Wildman–Crippen MR) is 22.9 cm³/mol. The summed E-state index contributed by atoms with van der Waals surface area (Å²) in [5.41, 5.74) is 0. The van der Waals surface area contributed by atoms with Crippen LogP contribution in [0.1, 0.15) is 0 Å². The van der Waals surface area contributed by atoms with Gasteiger partial charge in [0.15, 0.2) is 0 Å². The van der Waals surface area contributed by atoms with E-state index in [4.69, 9.17) is 0 Å². The van der Waals surface area contributed by atoms with E-state index in [0.29, 0.717) is 0 Å². The van der Waals surface area contributed by atoms with Crippen molar-refractivity contribution in [2.24, 2.45) is 0 Å². The fourth-order valence-corrected chi connectivity index (χ4v) is 0. The van der Waals surface area contributed by atoms with Gasteiger partial charge >= 0.3 is 68.9 Å². The minimum absolute atomic E-state index is 0. The maximum atomic E-state index is 0. The quantitative estimate of drug-likeness (QED) is 0.399. The summed E-state index contributed by atoms with van der Waals surface area (Å²) in [6, 6.07) is 0. The van der Waals surface area contributed by atoms with Gasteiger partial charge in [-0.1, -0.05) is 0 Å². The summed E-state index contributed by atoms with van der Waals surface area (Å²) < 4.78 is 0. The van der Waals surface area contributed by atoms with Gasteiger partial charge in [0.2, 0.25) is 0 Å². The van der Waals surface area contributed by atoms with Crippen molar-refractivity contribution in [3.05, 3.63) is 0 Å². The van der Waals surface area contributed by atoms with Gasteiger partial charge in [0.05, 0.1) is 0 Å². The van der Waals surface area contributed by atoms with Crippen LogP contribution in [0.2, 0.25) is 0 Å². The normalized spacial score (nSPS) is 0. The molecule has 0 aliphatic heterocycles. The van der Waals surface area contributed by atoms with Crippen LogP contribution in [-0.4, -0.2) is 86.3 Å². The van der Waals surface area contributed by atoms with Crippen LogP contribution >= 0.6 is 0 Å². The Bertz CT molecular complexity index is 7.51. The molecule has 6 heteroatoms. The van der Waals surface area contributed by atoms with Crippen LogP contribution < -0.4 is 0 Å². The number of halogens is 4. The Kier molecular flexibility index (Phi) is 760. The Morgan fingerprint density at radius 2 is 0.500 bits per heavy atom. The average molecular weight is 241 g/mol. The van der Waals surface area contributed by atoms with Gasteiger partial charge in [-0.05, 0) is 0 Å². The van der Waals surface area contributed by atoms with Crippen molar-refractivity contribution >= 4 is 86.3 Å². The molecule has 0 amide bonds. The van der Waals surface area contributed by atoms with Crippen LogP contribution in [0.25, 0.3) is 0 Å². The van der Waals surface area contributed by atoms with Crippen molar-refractivity contribution < 1.29 is 18.8 Å². The molecule has 0 unspecified atom stereocenters. The number of hydrogen-bond acceptors (Lipinski definition) is 0. The van der Waals surface area contributed by atoms with Crippen molar-refractivity contribution in [2.75, 3.05) is 0 Å². The van der Waals surface area contributed by atoms with Gasteiger partial charge in [0.1, 0.15) is 0 Å². The zero-order valence-corrected chi connectivity index (χ0v) is 3.37. The molecule has 0 saturated heterocycles. The second-order valence-corrected chi connectivity index (χ2v) is 0. The van der Waals surface area contributed by atoms with E-state index in [2.05, 4.69) is 0 Å². The molecule has 0 bridgehead atoms. The Balaban J connectivity index is 0. The molecule has 0 nitrogen and oxygen atoms in total. The average Bonchev–Trinajstić information content (AvgIpc) is 0. The van der Waals surface area contributed by atoms with Gasteiger partial charge in [-0.2, -0.15) is 0 Å². The SMILES string of the molecule is F.F.F.F.[Al].[CsH]. The molecule has 0 rings (SSSR count). The summed E-state index contributed by atoms with van der Waals surface area (Å²) in [5.74, 6) is 0. The van der Waals surface area contributed by atoms with Crippen LogP contribution in [0.5, 0.6) is 0 Å². The van der Waals surface area contributed by atoms with Crippen LogP contribution in [0.4, 0.5) is 18.8 Å². The minimum atomic E-state index is 0. The molecule has 0 heterocycles. The number of rotatable bonds is 0. The Labute approximate surface area is 102 Å². The fraction of sp³-hybridized carbons (Fsp3) is 0. The summed E-state index contributed by atoms with van der Waals surface area (Å²) in [4.78, 5) is 0. The van der Waals surface area contributed by atoms with Crippen LogP contribution in [0.15, 0.2) is 0 Å². The van der Waals surface area contributed by atoms with E-state index in [9.17, 15) is 0 Å². The summed E-state index contributed by atoms with van der Waals surface area (Å²) in [6.45, 7) is 0. The summed E-state index contributed by atoms with van der Waals surface area (Å²) in [6.07, 6.45) is 0. The maximum absolute atomic E-state index is 0. The molecule has 0 aromatic rings. The summed E-state index contributed by atoms with van der Waals surface area (Å²) in [7, 11) is 0. The molecule has 0 saturated carbocycles. The number of hydrogen-bond donors (Lipinski definition) is 0. The second-order valence-electron chi connectivity index (χ2n) is 0. The Morgan fingerprint density at radius 3 is 0.500 bits per heavy atom. The van der Waals surface area contributed by atoms with E-state index in [1.165, 1.54) is 0 Å². The van der Waals surface area contributed by atoms with Crippen molar-refractivity contribution in [3.63, 3.8) is 0 Å². The molecule has 0 N–H and O–H groups in total. The Hall–Kier alpha value is 2.30. The molecular formula is H5AlCsF4. The summed E-state index contributed by atoms with van der Waals surface area (Å²) in [5, 5.41) is 0. The molecular weight excluding hydrogens is 236 g/mol. The zero-order valence-electron chi connectivity index (χ0n) is 2.21. The third kappa shape index (κ3) is 33.4. The van der Waals surface area contributed by atoms with Crippen molar-refractivity contribution in [1.82, 2.24) is 0 Å². The van der Waals surface area contributed by atoms with E-state index >= 15 is 0 Å². The van der Waals surface area contributed by atoms with E-state index in [0.717, 1.165) is 0 Å². The summed E-state index contributed by atoms with van der Waals surface area (Å²) >= 11 is 0. The third-order valence-electron chi connectivity index (χ3n) is 0.